The molecule has 0 aliphatic rings. The van der Waals surface area contributed by atoms with Crippen molar-refractivity contribution < 1.29 is 0 Å². The van der Waals surface area contributed by atoms with Crippen molar-refractivity contribution in [1.29, 1.82) is 0 Å². The van der Waals surface area contributed by atoms with E-state index in [1.807, 2.05) is 38.4 Å². The predicted molar refractivity (Wildman–Crippen MR) is 65.7 cm³/mol. The molecule has 0 saturated heterocycles. The van der Waals surface area contributed by atoms with Gasteiger partial charge in [-0.15, -0.1) is 0 Å². The summed E-state index contributed by atoms with van der Waals surface area (Å²) in [6, 6.07) is 5.92. The van der Waals surface area contributed by atoms with Crippen molar-refractivity contribution >= 4 is 5.65 Å². The molecule has 84 valence electrons. The van der Waals surface area contributed by atoms with Gasteiger partial charge in [0.05, 0.1) is 5.69 Å². The van der Waals surface area contributed by atoms with Crippen LogP contribution in [0.25, 0.3) is 16.8 Å². The number of aryl methyl sites for hydroxylation is 2. The van der Waals surface area contributed by atoms with Crippen LogP contribution in [0.2, 0.25) is 0 Å². The Labute approximate surface area is 99.0 Å². The zero-order valence-corrected chi connectivity index (χ0v) is 9.75. The molecule has 3 aromatic heterocycles. The zero-order valence-electron chi connectivity index (χ0n) is 9.75. The number of rotatable bonds is 1. The van der Waals surface area contributed by atoms with Gasteiger partial charge in [-0.1, -0.05) is 0 Å². The van der Waals surface area contributed by atoms with Crippen LogP contribution in [-0.2, 0) is 0 Å². The quantitative estimate of drug-likeness (QED) is 0.637. The molecule has 0 bridgehead atoms. The topological polar surface area (TPSA) is 43.1 Å². The van der Waals surface area contributed by atoms with Crippen LogP contribution in [-0.4, -0.2) is 19.6 Å². The summed E-state index contributed by atoms with van der Waals surface area (Å²) in [5.41, 5.74) is 5.06. The molecule has 3 heterocycles. The summed E-state index contributed by atoms with van der Waals surface area (Å²) in [6.45, 7) is 3.98. The average molecular weight is 224 g/mol. The first-order chi connectivity index (χ1) is 8.25. The standard InChI is InChI=1S/C13H12N4/c1-9-8-11(4-6-14-9)12-10(2)16-17-7-3-5-15-13(12)17/h3-8H,1-2H3. The molecule has 0 fully saturated rings. The lowest BCUT2D eigenvalue weighted by molar-refractivity contribution is 0.917. The van der Waals surface area contributed by atoms with E-state index in [2.05, 4.69) is 21.1 Å². The molecule has 0 aliphatic carbocycles. The van der Waals surface area contributed by atoms with Crippen molar-refractivity contribution in [2.45, 2.75) is 13.8 Å². The summed E-state index contributed by atoms with van der Waals surface area (Å²) in [7, 11) is 0. The fraction of sp³-hybridized carbons (Fsp3) is 0.154. The van der Waals surface area contributed by atoms with Gasteiger partial charge < -0.3 is 0 Å². The van der Waals surface area contributed by atoms with Crippen LogP contribution in [0.15, 0.2) is 36.8 Å². The van der Waals surface area contributed by atoms with Gasteiger partial charge in [0.15, 0.2) is 5.65 Å². The minimum Gasteiger partial charge on any atom is -0.262 e. The summed E-state index contributed by atoms with van der Waals surface area (Å²) >= 11 is 0. The number of fused-ring (bicyclic) bond motifs is 1. The fourth-order valence-corrected chi connectivity index (χ4v) is 2.04. The summed E-state index contributed by atoms with van der Waals surface area (Å²) in [5.74, 6) is 0. The first-order valence-corrected chi connectivity index (χ1v) is 5.49. The van der Waals surface area contributed by atoms with Crippen LogP contribution in [0, 0.1) is 13.8 Å². The smallest absolute Gasteiger partial charge is 0.163 e. The van der Waals surface area contributed by atoms with Crippen molar-refractivity contribution in [1.82, 2.24) is 19.6 Å². The average Bonchev–Trinajstić information content (AvgIpc) is 2.64. The maximum absolute atomic E-state index is 4.45. The van der Waals surface area contributed by atoms with E-state index >= 15 is 0 Å². The molecule has 0 unspecified atom stereocenters. The van der Waals surface area contributed by atoms with E-state index in [4.69, 9.17) is 0 Å². The van der Waals surface area contributed by atoms with Gasteiger partial charge in [-0.3, -0.25) is 4.98 Å². The van der Waals surface area contributed by atoms with Gasteiger partial charge in [-0.2, -0.15) is 5.10 Å². The highest BCUT2D eigenvalue weighted by Crippen LogP contribution is 2.26. The molecule has 3 aromatic rings. The molecular weight excluding hydrogens is 212 g/mol. The van der Waals surface area contributed by atoms with Crippen molar-refractivity contribution in [2.75, 3.05) is 0 Å². The summed E-state index contributed by atoms with van der Waals surface area (Å²) < 4.78 is 1.81. The zero-order chi connectivity index (χ0) is 11.8. The van der Waals surface area contributed by atoms with Gasteiger partial charge in [0.25, 0.3) is 0 Å². The Bertz CT molecular complexity index is 685. The first kappa shape index (κ1) is 9.96. The Hall–Kier alpha value is -2.23. The largest absolute Gasteiger partial charge is 0.262 e. The number of aromatic nitrogens is 4. The van der Waals surface area contributed by atoms with Gasteiger partial charge >= 0.3 is 0 Å². The molecule has 3 rings (SSSR count). The highest BCUT2D eigenvalue weighted by Gasteiger charge is 2.12. The van der Waals surface area contributed by atoms with Crippen LogP contribution in [0.5, 0.6) is 0 Å². The Kier molecular flexibility index (Phi) is 2.14. The van der Waals surface area contributed by atoms with Crippen molar-refractivity contribution in [3.8, 4) is 11.1 Å². The van der Waals surface area contributed by atoms with E-state index in [1.54, 1.807) is 10.7 Å². The van der Waals surface area contributed by atoms with Gasteiger partial charge in [-0.05, 0) is 37.6 Å². The Balaban J connectivity index is 2.33. The third kappa shape index (κ3) is 1.58. The van der Waals surface area contributed by atoms with Gasteiger partial charge in [-0.25, -0.2) is 9.50 Å². The number of pyridine rings is 1. The highest BCUT2D eigenvalue weighted by atomic mass is 15.2. The number of hydrogen-bond acceptors (Lipinski definition) is 3. The van der Waals surface area contributed by atoms with Crippen LogP contribution in [0.1, 0.15) is 11.4 Å². The lowest BCUT2D eigenvalue weighted by Crippen LogP contribution is -1.88. The third-order valence-corrected chi connectivity index (χ3v) is 2.76. The second-order valence-electron chi connectivity index (χ2n) is 4.03. The SMILES string of the molecule is Cc1cc(-c2c(C)nn3cccnc23)ccn1. The second kappa shape index (κ2) is 3.66. The molecule has 4 nitrogen and oxygen atoms in total. The number of hydrogen-bond donors (Lipinski definition) is 0. The van der Waals surface area contributed by atoms with Gasteiger partial charge in [0, 0.05) is 29.8 Å². The van der Waals surface area contributed by atoms with Gasteiger partial charge in [0.1, 0.15) is 0 Å². The molecular formula is C13H12N4. The Morgan fingerprint density at radius 1 is 1.12 bits per heavy atom. The van der Waals surface area contributed by atoms with E-state index in [1.165, 1.54) is 0 Å². The maximum atomic E-state index is 4.45. The minimum absolute atomic E-state index is 0.885. The molecule has 0 atom stereocenters. The summed E-state index contributed by atoms with van der Waals surface area (Å²) in [6.07, 6.45) is 5.51. The van der Waals surface area contributed by atoms with Crippen molar-refractivity contribution in [2.24, 2.45) is 0 Å². The van der Waals surface area contributed by atoms with E-state index in [-0.39, 0.29) is 0 Å². The van der Waals surface area contributed by atoms with Crippen LogP contribution >= 0.6 is 0 Å². The highest BCUT2D eigenvalue weighted by molar-refractivity contribution is 5.79. The van der Waals surface area contributed by atoms with Crippen molar-refractivity contribution in [3.63, 3.8) is 0 Å². The predicted octanol–water partition coefficient (Wildman–Crippen LogP) is 2.41. The lowest BCUT2D eigenvalue weighted by Gasteiger charge is -2.00. The second-order valence-corrected chi connectivity index (χ2v) is 4.03. The molecule has 0 aromatic carbocycles. The molecule has 4 heteroatoms. The molecule has 0 amide bonds. The summed E-state index contributed by atoms with van der Waals surface area (Å²) in [4.78, 5) is 8.60. The Morgan fingerprint density at radius 2 is 2.00 bits per heavy atom. The molecule has 0 spiro atoms. The molecule has 0 saturated carbocycles. The third-order valence-electron chi connectivity index (χ3n) is 2.76. The normalized spacial score (nSPS) is 10.9. The molecule has 0 N–H and O–H groups in total. The maximum Gasteiger partial charge on any atom is 0.163 e. The molecule has 0 aliphatic heterocycles. The van der Waals surface area contributed by atoms with E-state index in [0.29, 0.717) is 0 Å². The Morgan fingerprint density at radius 3 is 2.82 bits per heavy atom. The van der Waals surface area contributed by atoms with Crippen LogP contribution < -0.4 is 0 Å². The first-order valence-electron chi connectivity index (χ1n) is 5.49. The van der Waals surface area contributed by atoms with Crippen molar-refractivity contribution in [3.05, 3.63) is 48.2 Å². The number of nitrogens with zero attached hydrogens (tertiary/aromatic N) is 4. The van der Waals surface area contributed by atoms with Gasteiger partial charge in [0.2, 0.25) is 0 Å². The van der Waals surface area contributed by atoms with E-state index < -0.39 is 0 Å². The fourth-order valence-electron chi connectivity index (χ4n) is 2.04. The molecule has 0 radical (unpaired) electrons. The lowest BCUT2D eigenvalue weighted by atomic mass is 10.1. The summed E-state index contributed by atoms with van der Waals surface area (Å²) in [5, 5.41) is 4.45. The van der Waals surface area contributed by atoms with E-state index in [9.17, 15) is 0 Å². The minimum atomic E-state index is 0.885. The van der Waals surface area contributed by atoms with Crippen LogP contribution in [0.4, 0.5) is 0 Å². The van der Waals surface area contributed by atoms with E-state index in [0.717, 1.165) is 28.2 Å². The van der Waals surface area contributed by atoms with Crippen LogP contribution in [0.3, 0.4) is 0 Å². The molecule has 17 heavy (non-hydrogen) atoms. The monoisotopic (exact) mass is 224 g/mol.